The molecule has 0 radical (unpaired) electrons. The predicted molar refractivity (Wildman–Crippen MR) is 102 cm³/mol. The van der Waals surface area contributed by atoms with Crippen molar-refractivity contribution in [2.75, 3.05) is 14.2 Å². The van der Waals surface area contributed by atoms with Gasteiger partial charge in [0.2, 0.25) is 0 Å². The monoisotopic (exact) mass is 377 g/mol. The molecular formula is C20H24ClNO4. The van der Waals surface area contributed by atoms with E-state index >= 15 is 0 Å². The van der Waals surface area contributed by atoms with Crippen molar-refractivity contribution in [3.05, 3.63) is 53.1 Å². The SMILES string of the molecule is CC[C@@H](NC(=O)[C@@H](C)Oc1ccccc1Cl)c1ccc(OC)c(OC)c1. The van der Waals surface area contributed by atoms with Crippen molar-refractivity contribution in [3.8, 4) is 17.2 Å². The van der Waals surface area contributed by atoms with Gasteiger partial charge in [0.05, 0.1) is 25.3 Å². The van der Waals surface area contributed by atoms with Crippen LogP contribution < -0.4 is 19.5 Å². The number of benzene rings is 2. The molecule has 2 aromatic carbocycles. The molecule has 0 aliphatic rings. The molecule has 0 heterocycles. The van der Waals surface area contributed by atoms with Gasteiger partial charge < -0.3 is 19.5 Å². The highest BCUT2D eigenvalue weighted by molar-refractivity contribution is 6.32. The van der Waals surface area contributed by atoms with Crippen LogP contribution >= 0.6 is 11.6 Å². The summed E-state index contributed by atoms with van der Waals surface area (Å²) in [4.78, 5) is 12.5. The van der Waals surface area contributed by atoms with Gasteiger partial charge in [-0.3, -0.25) is 4.79 Å². The van der Waals surface area contributed by atoms with Gasteiger partial charge in [-0.05, 0) is 43.2 Å². The van der Waals surface area contributed by atoms with Crippen LogP contribution in [0.5, 0.6) is 17.2 Å². The van der Waals surface area contributed by atoms with Crippen LogP contribution in [0.3, 0.4) is 0 Å². The Morgan fingerprint density at radius 3 is 2.38 bits per heavy atom. The highest BCUT2D eigenvalue weighted by atomic mass is 35.5. The van der Waals surface area contributed by atoms with E-state index in [4.69, 9.17) is 25.8 Å². The van der Waals surface area contributed by atoms with Crippen molar-refractivity contribution in [3.63, 3.8) is 0 Å². The maximum Gasteiger partial charge on any atom is 0.261 e. The Morgan fingerprint density at radius 1 is 1.08 bits per heavy atom. The molecule has 1 N–H and O–H groups in total. The molecule has 2 aromatic rings. The van der Waals surface area contributed by atoms with Crippen molar-refractivity contribution < 1.29 is 19.0 Å². The third kappa shape index (κ3) is 4.82. The van der Waals surface area contributed by atoms with Crippen molar-refractivity contribution in [1.29, 1.82) is 0 Å². The van der Waals surface area contributed by atoms with E-state index in [9.17, 15) is 4.79 Å². The lowest BCUT2D eigenvalue weighted by Gasteiger charge is -2.22. The minimum absolute atomic E-state index is 0.167. The molecule has 6 heteroatoms. The minimum Gasteiger partial charge on any atom is -0.493 e. The molecule has 1 amide bonds. The highest BCUT2D eigenvalue weighted by Crippen LogP contribution is 2.31. The smallest absolute Gasteiger partial charge is 0.261 e. The number of carbonyl (C=O) groups excluding carboxylic acids is 1. The van der Waals surface area contributed by atoms with Crippen LogP contribution in [0.2, 0.25) is 5.02 Å². The lowest BCUT2D eigenvalue weighted by molar-refractivity contribution is -0.128. The molecule has 0 unspecified atom stereocenters. The first-order chi connectivity index (χ1) is 12.5. The maximum atomic E-state index is 12.5. The number of hydrogen-bond donors (Lipinski definition) is 1. The average molecular weight is 378 g/mol. The molecule has 2 rings (SSSR count). The van der Waals surface area contributed by atoms with Crippen molar-refractivity contribution in [2.24, 2.45) is 0 Å². The summed E-state index contributed by atoms with van der Waals surface area (Å²) >= 11 is 6.08. The first-order valence-corrected chi connectivity index (χ1v) is 8.81. The fourth-order valence-corrected chi connectivity index (χ4v) is 2.74. The van der Waals surface area contributed by atoms with E-state index in [-0.39, 0.29) is 11.9 Å². The highest BCUT2D eigenvalue weighted by Gasteiger charge is 2.21. The summed E-state index contributed by atoms with van der Waals surface area (Å²) in [6.07, 6.45) is 0.0455. The fourth-order valence-electron chi connectivity index (χ4n) is 2.56. The van der Waals surface area contributed by atoms with E-state index < -0.39 is 6.10 Å². The molecule has 5 nitrogen and oxygen atoms in total. The molecule has 0 aromatic heterocycles. The van der Waals surface area contributed by atoms with Gasteiger partial charge in [-0.2, -0.15) is 0 Å². The molecule has 0 saturated heterocycles. The zero-order valence-electron chi connectivity index (χ0n) is 15.4. The van der Waals surface area contributed by atoms with Crippen LogP contribution in [-0.2, 0) is 4.79 Å². The number of carbonyl (C=O) groups is 1. The fraction of sp³-hybridized carbons (Fsp3) is 0.350. The summed E-state index contributed by atoms with van der Waals surface area (Å²) < 4.78 is 16.3. The van der Waals surface area contributed by atoms with Crippen molar-refractivity contribution >= 4 is 17.5 Å². The van der Waals surface area contributed by atoms with Gasteiger partial charge in [-0.25, -0.2) is 0 Å². The second-order valence-corrected chi connectivity index (χ2v) is 6.18. The number of rotatable bonds is 8. The Morgan fingerprint density at radius 2 is 1.77 bits per heavy atom. The summed E-state index contributed by atoms with van der Waals surface area (Å²) in [5.74, 6) is 1.54. The summed E-state index contributed by atoms with van der Waals surface area (Å²) in [6.45, 7) is 3.70. The van der Waals surface area contributed by atoms with Gasteiger partial charge >= 0.3 is 0 Å². The Kier molecular flexibility index (Phi) is 7.16. The molecule has 0 fully saturated rings. The third-order valence-corrected chi connectivity index (χ3v) is 4.36. The van der Waals surface area contributed by atoms with Crippen LogP contribution in [0.25, 0.3) is 0 Å². The van der Waals surface area contributed by atoms with Gasteiger partial charge in [-0.15, -0.1) is 0 Å². The number of ether oxygens (including phenoxy) is 3. The third-order valence-electron chi connectivity index (χ3n) is 4.04. The molecule has 26 heavy (non-hydrogen) atoms. The van der Waals surface area contributed by atoms with Gasteiger partial charge in [0.1, 0.15) is 5.75 Å². The summed E-state index contributed by atoms with van der Waals surface area (Å²) in [6, 6.07) is 12.5. The van der Waals surface area contributed by atoms with E-state index in [0.29, 0.717) is 22.3 Å². The van der Waals surface area contributed by atoms with E-state index in [1.807, 2.05) is 37.3 Å². The van der Waals surface area contributed by atoms with Gasteiger partial charge in [-0.1, -0.05) is 36.7 Å². The van der Waals surface area contributed by atoms with Crippen LogP contribution in [-0.4, -0.2) is 26.2 Å². The Balaban J connectivity index is 2.09. The number of nitrogens with one attached hydrogen (secondary N) is 1. The molecule has 0 saturated carbocycles. The van der Waals surface area contributed by atoms with Crippen LogP contribution in [0.1, 0.15) is 31.9 Å². The van der Waals surface area contributed by atoms with Crippen LogP contribution in [0.15, 0.2) is 42.5 Å². The van der Waals surface area contributed by atoms with E-state index in [1.54, 1.807) is 33.3 Å². The molecule has 2 atom stereocenters. The summed E-state index contributed by atoms with van der Waals surface area (Å²) in [7, 11) is 3.17. The summed E-state index contributed by atoms with van der Waals surface area (Å²) in [5.41, 5.74) is 0.934. The number of para-hydroxylation sites is 1. The van der Waals surface area contributed by atoms with Crippen LogP contribution in [0, 0.1) is 0 Å². The molecule has 0 aliphatic heterocycles. The van der Waals surface area contributed by atoms with Crippen molar-refractivity contribution in [2.45, 2.75) is 32.4 Å². The lowest BCUT2D eigenvalue weighted by atomic mass is 10.0. The lowest BCUT2D eigenvalue weighted by Crippen LogP contribution is -2.38. The van der Waals surface area contributed by atoms with Gasteiger partial charge in [0.25, 0.3) is 5.91 Å². The zero-order chi connectivity index (χ0) is 19.1. The second-order valence-electron chi connectivity index (χ2n) is 5.77. The Bertz CT molecular complexity index is 750. The van der Waals surface area contributed by atoms with E-state index in [2.05, 4.69) is 5.32 Å². The minimum atomic E-state index is -0.677. The van der Waals surface area contributed by atoms with E-state index in [0.717, 1.165) is 12.0 Å². The largest absolute Gasteiger partial charge is 0.493 e. The molecule has 0 spiro atoms. The second kappa shape index (κ2) is 9.34. The quantitative estimate of drug-likeness (QED) is 0.741. The molecule has 0 bridgehead atoms. The first-order valence-electron chi connectivity index (χ1n) is 8.43. The maximum absolute atomic E-state index is 12.5. The van der Waals surface area contributed by atoms with Crippen molar-refractivity contribution in [1.82, 2.24) is 5.32 Å². The number of methoxy groups -OCH3 is 2. The number of hydrogen-bond acceptors (Lipinski definition) is 4. The molecule has 140 valence electrons. The molecule has 0 aliphatic carbocycles. The average Bonchev–Trinajstić information content (AvgIpc) is 2.67. The standard InChI is InChI=1S/C20H24ClNO4/c1-5-16(14-10-11-18(24-3)19(12-14)25-4)22-20(23)13(2)26-17-9-7-6-8-15(17)21/h6-13,16H,5H2,1-4H3,(H,22,23)/t13-,16-/m1/s1. The van der Waals surface area contributed by atoms with Crippen LogP contribution in [0.4, 0.5) is 0 Å². The normalized spacial score (nSPS) is 12.8. The number of amides is 1. The number of halogens is 1. The van der Waals surface area contributed by atoms with Gasteiger partial charge in [0.15, 0.2) is 17.6 Å². The summed E-state index contributed by atoms with van der Waals surface area (Å²) in [5, 5.41) is 3.48. The first kappa shape index (κ1) is 19.9. The Labute approximate surface area is 159 Å². The van der Waals surface area contributed by atoms with Gasteiger partial charge in [0, 0.05) is 0 Å². The predicted octanol–water partition coefficient (Wildman–Crippen LogP) is 4.39. The Hall–Kier alpha value is -2.40. The molecular weight excluding hydrogens is 354 g/mol. The van der Waals surface area contributed by atoms with E-state index in [1.165, 1.54) is 0 Å². The zero-order valence-corrected chi connectivity index (χ0v) is 16.2. The topological polar surface area (TPSA) is 56.8 Å².